The lowest BCUT2D eigenvalue weighted by molar-refractivity contribution is 0.371. The Morgan fingerprint density at radius 3 is 1.87 bits per heavy atom. The van der Waals surface area contributed by atoms with Crippen molar-refractivity contribution in [2.24, 2.45) is 0 Å². The third-order valence-corrected chi connectivity index (χ3v) is 1.51. The summed E-state index contributed by atoms with van der Waals surface area (Å²) in [5.41, 5.74) is -1.39. The first-order valence-electron chi connectivity index (χ1n) is 3.43. The van der Waals surface area contributed by atoms with Gasteiger partial charge in [0.15, 0.2) is 17.4 Å². The molecule has 1 aromatic rings. The van der Waals surface area contributed by atoms with Crippen molar-refractivity contribution in [1.82, 2.24) is 0 Å². The van der Waals surface area contributed by atoms with E-state index >= 15 is 0 Å². The number of benzene rings is 1. The summed E-state index contributed by atoms with van der Waals surface area (Å²) in [6, 6.07) is 0.956. The quantitative estimate of drug-likeness (QED) is 0.458. The van der Waals surface area contributed by atoms with Crippen LogP contribution in [0.3, 0.4) is 0 Å². The summed E-state index contributed by atoms with van der Waals surface area (Å²) in [6.45, 7) is 0. The molecule has 1 N–H and O–H groups in total. The van der Waals surface area contributed by atoms with E-state index in [0.29, 0.717) is 0 Å². The molecule has 0 unspecified atom stereocenters. The molecule has 0 fully saturated rings. The van der Waals surface area contributed by atoms with E-state index in [1.807, 2.05) is 0 Å². The van der Waals surface area contributed by atoms with Gasteiger partial charge in [0.05, 0.1) is 0 Å². The second-order valence-electron chi connectivity index (χ2n) is 2.30. The summed E-state index contributed by atoms with van der Waals surface area (Å²) in [4.78, 5) is 0. The van der Waals surface area contributed by atoms with Crippen LogP contribution in [-0.4, -0.2) is 12.7 Å². The van der Waals surface area contributed by atoms with Crippen molar-refractivity contribution in [3.63, 3.8) is 0 Å². The minimum atomic E-state index is -1.89. The zero-order valence-corrected chi connectivity index (χ0v) is 6.89. The van der Waals surface area contributed by atoms with Crippen molar-refractivity contribution >= 4 is 7.69 Å². The van der Waals surface area contributed by atoms with E-state index in [0.717, 1.165) is 6.07 Å². The van der Waals surface area contributed by atoms with Crippen LogP contribution in [-0.2, 0) is 0 Å². The molecule has 0 aliphatic rings. The summed E-state index contributed by atoms with van der Waals surface area (Å²) in [5, 5.41) is 16.3. The summed E-state index contributed by atoms with van der Waals surface area (Å²) in [5.74, 6) is -9.00. The lowest BCUT2D eigenvalue weighted by Gasteiger charge is -2.07. The second kappa shape index (κ2) is 4.19. The van der Waals surface area contributed by atoms with Crippen LogP contribution >= 0.6 is 0 Å². The average Bonchev–Trinajstić information content (AvgIpc) is 2.23. The number of rotatable bonds is 2. The molecule has 0 atom stereocenters. The first-order valence-corrected chi connectivity index (χ1v) is 3.43. The van der Waals surface area contributed by atoms with Crippen molar-refractivity contribution in [1.29, 1.82) is 5.26 Å². The van der Waals surface area contributed by atoms with Gasteiger partial charge in [-0.25, -0.2) is 8.78 Å². The van der Waals surface area contributed by atoms with Gasteiger partial charge in [0, 0.05) is 0 Å². The smallest absolute Gasteiger partial charge is 0.533 e. The van der Waals surface area contributed by atoms with Crippen molar-refractivity contribution < 1.29 is 27.2 Å². The molecule has 0 heterocycles. The fraction of sp³-hybridized carbons (Fsp3) is 0. The fourth-order valence-corrected chi connectivity index (χ4v) is 0.866. The van der Waals surface area contributed by atoms with Gasteiger partial charge in [0.2, 0.25) is 11.6 Å². The first kappa shape index (κ1) is 11.3. The van der Waals surface area contributed by atoms with E-state index in [4.69, 9.17) is 10.3 Å². The standard InChI is InChI=1S/C7HBF4NO2/c9-3-2(1-13)4(10)6(12)7(5(3)11)15-8-14/h14H. The van der Waals surface area contributed by atoms with Crippen LogP contribution in [0.15, 0.2) is 0 Å². The third kappa shape index (κ3) is 1.73. The van der Waals surface area contributed by atoms with E-state index in [-0.39, 0.29) is 7.69 Å². The molecule has 0 saturated heterocycles. The number of halogens is 4. The highest BCUT2D eigenvalue weighted by atomic mass is 19.2. The lowest BCUT2D eigenvalue weighted by atomic mass is 10.1. The van der Waals surface area contributed by atoms with Gasteiger partial charge in [0.1, 0.15) is 11.6 Å². The van der Waals surface area contributed by atoms with Gasteiger partial charge in [-0.3, -0.25) is 0 Å². The van der Waals surface area contributed by atoms with E-state index in [9.17, 15) is 17.6 Å². The molecule has 3 nitrogen and oxygen atoms in total. The highest BCUT2D eigenvalue weighted by Crippen LogP contribution is 2.29. The fourth-order valence-electron chi connectivity index (χ4n) is 0.866. The molecule has 0 spiro atoms. The molecule has 77 valence electrons. The molecule has 1 rings (SSSR count). The summed E-state index contributed by atoms with van der Waals surface area (Å²) < 4.78 is 55.3. The van der Waals surface area contributed by atoms with Gasteiger partial charge in [-0.15, -0.1) is 0 Å². The molecule has 0 amide bonds. The van der Waals surface area contributed by atoms with Gasteiger partial charge >= 0.3 is 7.69 Å². The molecule has 0 aliphatic heterocycles. The van der Waals surface area contributed by atoms with Gasteiger partial charge in [-0.2, -0.15) is 14.0 Å². The van der Waals surface area contributed by atoms with Crippen LogP contribution in [0.2, 0.25) is 0 Å². The normalized spacial score (nSPS) is 9.60. The molecular weight excluding hydrogens is 217 g/mol. The van der Waals surface area contributed by atoms with Gasteiger partial charge < -0.3 is 9.68 Å². The minimum absolute atomic E-state index is 0.146. The zero-order chi connectivity index (χ0) is 11.6. The lowest BCUT2D eigenvalue weighted by Crippen LogP contribution is -2.09. The highest BCUT2D eigenvalue weighted by molar-refractivity contribution is 6.17. The molecule has 0 aliphatic carbocycles. The Morgan fingerprint density at radius 2 is 1.53 bits per heavy atom. The Kier molecular flexibility index (Phi) is 3.16. The number of hydrogen-bond acceptors (Lipinski definition) is 3. The summed E-state index contributed by atoms with van der Waals surface area (Å²) in [7, 11) is -0.146. The maximum Gasteiger partial charge on any atom is 0.569 e. The average molecular weight is 218 g/mol. The predicted molar refractivity (Wildman–Crippen MR) is 39.6 cm³/mol. The third-order valence-electron chi connectivity index (χ3n) is 1.51. The van der Waals surface area contributed by atoms with Crippen LogP contribution in [0.5, 0.6) is 5.75 Å². The predicted octanol–water partition coefficient (Wildman–Crippen LogP) is 1.02. The molecule has 1 aromatic carbocycles. The Bertz CT molecular complexity index is 417. The van der Waals surface area contributed by atoms with Crippen molar-refractivity contribution in [3.8, 4) is 11.8 Å². The zero-order valence-electron chi connectivity index (χ0n) is 6.89. The topological polar surface area (TPSA) is 53.2 Å². The SMILES string of the molecule is N#Cc1c(F)c(F)c(O[B]O)c(F)c1F. The van der Waals surface area contributed by atoms with E-state index < -0.39 is 34.6 Å². The van der Waals surface area contributed by atoms with Crippen molar-refractivity contribution in [2.75, 3.05) is 0 Å². The van der Waals surface area contributed by atoms with Crippen LogP contribution in [0, 0.1) is 34.6 Å². The van der Waals surface area contributed by atoms with Crippen molar-refractivity contribution in [2.45, 2.75) is 0 Å². The Hall–Kier alpha value is -1.75. The summed E-state index contributed by atoms with van der Waals surface area (Å²) in [6.07, 6.45) is 0. The molecule has 0 aromatic heterocycles. The molecule has 1 radical (unpaired) electrons. The molecular formula is C7HBF4NO2. The van der Waals surface area contributed by atoms with E-state index in [2.05, 4.69) is 4.65 Å². The Balaban J connectivity index is 3.53. The van der Waals surface area contributed by atoms with E-state index in [1.165, 1.54) is 0 Å². The monoisotopic (exact) mass is 218 g/mol. The van der Waals surface area contributed by atoms with Gasteiger partial charge in [-0.1, -0.05) is 0 Å². The molecule has 0 bridgehead atoms. The largest absolute Gasteiger partial charge is 0.569 e. The van der Waals surface area contributed by atoms with Crippen LogP contribution < -0.4 is 4.65 Å². The highest BCUT2D eigenvalue weighted by Gasteiger charge is 2.26. The van der Waals surface area contributed by atoms with Gasteiger partial charge in [-0.05, 0) is 0 Å². The minimum Gasteiger partial charge on any atom is -0.533 e. The molecule has 8 heteroatoms. The number of hydrogen-bond donors (Lipinski definition) is 1. The first-order chi connectivity index (χ1) is 7.04. The van der Waals surface area contributed by atoms with Crippen LogP contribution in [0.25, 0.3) is 0 Å². The maximum absolute atomic E-state index is 12.9. The Morgan fingerprint density at radius 1 is 1.07 bits per heavy atom. The number of nitriles is 1. The van der Waals surface area contributed by atoms with Crippen LogP contribution in [0.4, 0.5) is 17.6 Å². The van der Waals surface area contributed by atoms with E-state index in [1.54, 1.807) is 0 Å². The second-order valence-corrected chi connectivity index (χ2v) is 2.30. The van der Waals surface area contributed by atoms with Gasteiger partial charge in [0.25, 0.3) is 0 Å². The van der Waals surface area contributed by atoms with Crippen LogP contribution in [0.1, 0.15) is 5.56 Å². The molecule has 0 saturated carbocycles. The number of nitrogens with zero attached hydrogens (tertiary/aromatic N) is 1. The Labute approximate surface area is 81.8 Å². The molecule has 15 heavy (non-hydrogen) atoms. The maximum atomic E-state index is 12.9. The summed E-state index contributed by atoms with van der Waals surface area (Å²) >= 11 is 0. The van der Waals surface area contributed by atoms with Crippen molar-refractivity contribution in [3.05, 3.63) is 28.8 Å².